The van der Waals surface area contributed by atoms with E-state index in [1.54, 1.807) is 11.8 Å². The summed E-state index contributed by atoms with van der Waals surface area (Å²) in [6.07, 6.45) is 1.49. The number of benzene rings is 2. The molecule has 1 fully saturated rings. The maximum absolute atomic E-state index is 12.4. The van der Waals surface area contributed by atoms with E-state index in [1.165, 1.54) is 0 Å². The Hall–Kier alpha value is -2.18. The van der Waals surface area contributed by atoms with Gasteiger partial charge in [0.25, 0.3) is 0 Å². The van der Waals surface area contributed by atoms with Crippen LogP contribution in [0.4, 0.5) is 11.4 Å². The van der Waals surface area contributed by atoms with Crippen LogP contribution < -0.4 is 16.0 Å². The lowest BCUT2D eigenvalue weighted by atomic mass is 9.96. The molecule has 0 unspecified atom stereocenters. The first kappa shape index (κ1) is 20.6. The highest BCUT2D eigenvalue weighted by Crippen LogP contribution is 2.30. The molecule has 0 atom stereocenters. The largest absolute Gasteiger partial charge is 0.370 e. The number of hydrogen-bond acceptors (Lipinski definition) is 4. The molecule has 0 saturated carbocycles. The number of amides is 2. The molecule has 2 amide bonds. The molecule has 2 aromatic rings. The van der Waals surface area contributed by atoms with Gasteiger partial charge in [-0.25, -0.2) is 0 Å². The second kappa shape index (κ2) is 9.85. The molecular formula is C21H24ClN3O2S. The molecule has 0 spiro atoms. The van der Waals surface area contributed by atoms with Crippen LogP contribution in [0.3, 0.4) is 0 Å². The Morgan fingerprint density at radius 2 is 1.89 bits per heavy atom. The van der Waals surface area contributed by atoms with Crippen molar-refractivity contribution in [3.8, 4) is 0 Å². The molecule has 28 heavy (non-hydrogen) atoms. The summed E-state index contributed by atoms with van der Waals surface area (Å²) in [5.74, 6) is 0.784. The highest BCUT2D eigenvalue weighted by atomic mass is 35.5. The van der Waals surface area contributed by atoms with Crippen molar-refractivity contribution in [2.75, 3.05) is 29.1 Å². The summed E-state index contributed by atoms with van der Waals surface area (Å²) in [4.78, 5) is 26.0. The van der Waals surface area contributed by atoms with Gasteiger partial charge in [0.1, 0.15) is 0 Å². The van der Waals surface area contributed by atoms with Crippen molar-refractivity contribution >= 4 is 46.6 Å². The van der Waals surface area contributed by atoms with Gasteiger partial charge in [0, 0.05) is 29.8 Å². The van der Waals surface area contributed by atoms with Crippen LogP contribution in [0.5, 0.6) is 0 Å². The minimum atomic E-state index is -0.224. The van der Waals surface area contributed by atoms with Crippen molar-refractivity contribution in [2.45, 2.75) is 18.6 Å². The average Bonchev–Trinajstić information content (AvgIpc) is 2.68. The topological polar surface area (TPSA) is 75.4 Å². The number of carbonyl (C=O) groups excluding carboxylic acids is 2. The summed E-state index contributed by atoms with van der Waals surface area (Å²) in [7, 11) is 0. The van der Waals surface area contributed by atoms with Crippen LogP contribution in [0.25, 0.3) is 0 Å². The van der Waals surface area contributed by atoms with E-state index in [4.69, 9.17) is 17.3 Å². The average molecular weight is 418 g/mol. The monoisotopic (exact) mass is 417 g/mol. The fourth-order valence-electron chi connectivity index (χ4n) is 3.33. The minimum Gasteiger partial charge on any atom is -0.370 e. The number of anilines is 2. The van der Waals surface area contributed by atoms with Gasteiger partial charge in [-0.2, -0.15) is 0 Å². The van der Waals surface area contributed by atoms with Crippen LogP contribution >= 0.6 is 23.4 Å². The number of carbonyl (C=O) groups is 2. The predicted octanol–water partition coefficient (Wildman–Crippen LogP) is 3.91. The number of nitrogens with zero attached hydrogens (tertiary/aromatic N) is 1. The maximum Gasteiger partial charge on any atom is 0.234 e. The lowest BCUT2D eigenvalue weighted by molar-refractivity contribution is -0.122. The summed E-state index contributed by atoms with van der Waals surface area (Å²) < 4.78 is 0. The molecule has 2 aromatic carbocycles. The van der Waals surface area contributed by atoms with Gasteiger partial charge in [0.05, 0.1) is 17.1 Å². The third-order valence-corrected chi connectivity index (χ3v) is 6.05. The van der Waals surface area contributed by atoms with Crippen LogP contribution in [-0.4, -0.2) is 30.7 Å². The Morgan fingerprint density at radius 3 is 2.61 bits per heavy atom. The SMILES string of the molecule is NC(=O)C1CCN(c2ccccc2NC(=O)CSCc2cccc(Cl)c2)CC1. The molecule has 7 heteroatoms. The summed E-state index contributed by atoms with van der Waals surface area (Å²) in [5.41, 5.74) is 8.30. The van der Waals surface area contributed by atoms with Crippen LogP contribution in [0, 0.1) is 5.92 Å². The quantitative estimate of drug-likeness (QED) is 0.716. The third kappa shape index (κ3) is 5.66. The number of hydrogen-bond donors (Lipinski definition) is 2. The molecular weight excluding hydrogens is 394 g/mol. The van der Waals surface area contributed by atoms with Crippen molar-refractivity contribution in [1.82, 2.24) is 0 Å². The third-order valence-electron chi connectivity index (χ3n) is 4.81. The summed E-state index contributed by atoms with van der Waals surface area (Å²) >= 11 is 7.54. The van der Waals surface area contributed by atoms with Crippen molar-refractivity contribution in [1.29, 1.82) is 0 Å². The predicted molar refractivity (Wildman–Crippen MR) is 117 cm³/mol. The van der Waals surface area contributed by atoms with E-state index in [2.05, 4.69) is 10.2 Å². The fourth-order valence-corrected chi connectivity index (χ4v) is 4.32. The number of piperidine rings is 1. The van der Waals surface area contributed by atoms with Crippen molar-refractivity contribution in [3.05, 3.63) is 59.1 Å². The van der Waals surface area contributed by atoms with Crippen molar-refractivity contribution in [3.63, 3.8) is 0 Å². The van der Waals surface area contributed by atoms with Gasteiger partial charge < -0.3 is 16.0 Å². The summed E-state index contributed by atoms with van der Waals surface area (Å²) in [6.45, 7) is 1.51. The van der Waals surface area contributed by atoms with E-state index < -0.39 is 0 Å². The fraction of sp³-hybridized carbons (Fsp3) is 0.333. The highest BCUT2D eigenvalue weighted by molar-refractivity contribution is 7.99. The van der Waals surface area contributed by atoms with E-state index in [0.717, 1.165) is 48.6 Å². The van der Waals surface area contributed by atoms with Crippen molar-refractivity contribution in [2.24, 2.45) is 11.7 Å². The summed E-state index contributed by atoms with van der Waals surface area (Å²) in [5, 5.41) is 3.73. The van der Waals surface area contributed by atoms with Gasteiger partial charge in [0.15, 0.2) is 0 Å². The Labute approximate surface area is 174 Å². The van der Waals surface area contributed by atoms with E-state index in [1.807, 2.05) is 48.5 Å². The number of rotatable bonds is 7. The lowest BCUT2D eigenvalue weighted by Gasteiger charge is -2.33. The Balaban J connectivity index is 1.54. The van der Waals surface area contributed by atoms with E-state index in [0.29, 0.717) is 10.8 Å². The summed E-state index contributed by atoms with van der Waals surface area (Å²) in [6, 6.07) is 15.4. The second-order valence-electron chi connectivity index (χ2n) is 6.85. The number of primary amides is 1. The molecule has 5 nitrogen and oxygen atoms in total. The van der Waals surface area contributed by atoms with Gasteiger partial charge in [-0.15, -0.1) is 11.8 Å². The molecule has 1 aliphatic rings. The van der Waals surface area contributed by atoms with Gasteiger partial charge in [-0.1, -0.05) is 35.9 Å². The Morgan fingerprint density at radius 1 is 1.14 bits per heavy atom. The number of thioether (sulfide) groups is 1. The van der Waals surface area contributed by atoms with Gasteiger partial charge in [-0.05, 0) is 42.7 Å². The van der Waals surface area contributed by atoms with Crippen LogP contribution in [-0.2, 0) is 15.3 Å². The Kier molecular flexibility index (Phi) is 7.23. The molecule has 3 N–H and O–H groups in total. The molecule has 1 heterocycles. The van der Waals surface area contributed by atoms with Crippen LogP contribution in [0.1, 0.15) is 18.4 Å². The number of para-hydroxylation sites is 2. The first-order chi connectivity index (χ1) is 13.5. The van der Waals surface area contributed by atoms with Gasteiger partial charge in [-0.3, -0.25) is 9.59 Å². The minimum absolute atomic E-state index is 0.0356. The van der Waals surface area contributed by atoms with E-state index in [9.17, 15) is 9.59 Å². The standard InChI is InChI=1S/C21H24ClN3O2S/c22-17-5-3-4-15(12-17)13-28-14-20(26)24-18-6-1-2-7-19(18)25-10-8-16(9-11-25)21(23)27/h1-7,12,16H,8-11,13-14H2,(H2,23,27)(H,24,26). The van der Waals surface area contributed by atoms with Gasteiger partial charge in [0.2, 0.25) is 11.8 Å². The zero-order chi connectivity index (χ0) is 19.9. The maximum atomic E-state index is 12.4. The lowest BCUT2D eigenvalue weighted by Crippen LogP contribution is -2.38. The molecule has 0 aliphatic carbocycles. The first-order valence-electron chi connectivity index (χ1n) is 9.28. The normalized spacial score (nSPS) is 14.7. The molecule has 1 saturated heterocycles. The van der Waals surface area contributed by atoms with Gasteiger partial charge >= 0.3 is 0 Å². The zero-order valence-electron chi connectivity index (χ0n) is 15.6. The molecule has 0 aromatic heterocycles. The van der Waals surface area contributed by atoms with Crippen molar-refractivity contribution < 1.29 is 9.59 Å². The highest BCUT2D eigenvalue weighted by Gasteiger charge is 2.24. The smallest absolute Gasteiger partial charge is 0.234 e. The molecule has 148 valence electrons. The molecule has 0 bridgehead atoms. The van der Waals surface area contributed by atoms with E-state index in [-0.39, 0.29) is 17.7 Å². The molecule has 0 radical (unpaired) electrons. The number of nitrogens with one attached hydrogen (secondary N) is 1. The Bertz CT molecular complexity index is 838. The molecule has 1 aliphatic heterocycles. The van der Waals surface area contributed by atoms with Crippen LogP contribution in [0.15, 0.2) is 48.5 Å². The number of halogens is 1. The first-order valence-corrected chi connectivity index (χ1v) is 10.8. The van der Waals surface area contributed by atoms with Crippen LogP contribution in [0.2, 0.25) is 5.02 Å². The number of nitrogens with two attached hydrogens (primary N) is 1. The molecule has 3 rings (SSSR count). The van der Waals surface area contributed by atoms with E-state index >= 15 is 0 Å². The zero-order valence-corrected chi connectivity index (χ0v) is 17.1. The second-order valence-corrected chi connectivity index (χ2v) is 8.27.